The molecule has 2 aromatic rings. The summed E-state index contributed by atoms with van der Waals surface area (Å²) in [5, 5.41) is 3.14. The van der Waals surface area contributed by atoms with Gasteiger partial charge >= 0.3 is 0 Å². The van der Waals surface area contributed by atoms with Crippen LogP contribution in [-0.2, 0) is 0 Å². The lowest BCUT2D eigenvalue weighted by atomic mass is 9.71. The normalized spacial score (nSPS) is 24.9. The van der Waals surface area contributed by atoms with E-state index in [0.717, 1.165) is 23.4 Å². The minimum atomic E-state index is -0.285. The molecule has 0 nitrogen and oxygen atoms in total. The first kappa shape index (κ1) is 20.2. The Bertz CT molecular complexity index is 649. The second-order valence-corrected chi connectivity index (χ2v) is 11.8. The lowest BCUT2D eigenvalue weighted by molar-refractivity contribution is 0.176. The fourth-order valence-corrected chi connectivity index (χ4v) is 9.00. The summed E-state index contributed by atoms with van der Waals surface area (Å²) >= 11 is 0. The highest BCUT2D eigenvalue weighted by atomic mass is 31.1. The summed E-state index contributed by atoms with van der Waals surface area (Å²) in [5.41, 5.74) is 0.772. The van der Waals surface area contributed by atoms with E-state index < -0.39 is 0 Å². The Kier molecular flexibility index (Phi) is 7.25. The lowest BCUT2D eigenvalue weighted by Crippen LogP contribution is -2.33. The molecule has 2 aliphatic rings. The fraction of sp³-hybridized carbons (Fsp3) is 0.556. The van der Waals surface area contributed by atoms with Crippen LogP contribution in [0, 0.1) is 17.8 Å². The van der Waals surface area contributed by atoms with Gasteiger partial charge in [-0.15, -0.1) is 0 Å². The van der Waals surface area contributed by atoms with Crippen molar-refractivity contribution in [2.45, 2.75) is 76.8 Å². The van der Waals surface area contributed by atoms with Gasteiger partial charge in [0.1, 0.15) is 0 Å². The molecule has 1 unspecified atom stereocenters. The fourth-order valence-electron chi connectivity index (χ4n) is 6.00. The molecule has 0 bridgehead atoms. The number of hydrogen-bond acceptors (Lipinski definition) is 0. The summed E-state index contributed by atoms with van der Waals surface area (Å²) in [6, 6.07) is 22.8. The Hall–Kier alpha value is -1.13. The van der Waals surface area contributed by atoms with Crippen LogP contribution in [0.1, 0.15) is 71.1 Å². The SMILES string of the molecule is CC([C@@H]1CCCC[C@H]1CC1CCCCC1)P(c1ccccc1)c1ccccc1. The van der Waals surface area contributed by atoms with Gasteiger partial charge in [0.05, 0.1) is 0 Å². The van der Waals surface area contributed by atoms with E-state index in [4.69, 9.17) is 0 Å². The first-order valence-electron chi connectivity index (χ1n) is 11.7. The van der Waals surface area contributed by atoms with Gasteiger partial charge in [0.15, 0.2) is 0 Å². The first-order valence-corrected chi connectivity index (χ1v) is 13.1. The molecule has 0 aliphatic heterocycles. The maximum atomic E-state index is 2.59. The van der Waals surface area contributed by atoms with E-state index in [-0.39, 0.29) is 7.92 Å². The molecule has 2 aromatic carbocycles. The summed E-state index contributed by atoms with van der Waals surface area (Å²) in [6.45, 7) is 2.59. The molecule has 0 amide bonds. The van der Waals surface area contributed by atoms with Gasteiger partial charge in [-0.3, -0.25) is 0 Å². The van der Waals surface area contributed by atoms with Crippen LogP contribution in [0.5, 0.6) is 0 Å². The molecule has 0 N–H and O–H groups in total. The predicted octanol–water partition coefficient (Wildman–Crippen LogP) is 7.28. The average Bonchev–Trinajstić information content (AvgIpc) is 2.76. The van der Waals surface area contributed by atoms with Gasteiger partial charge in [-0.25, -0.2) is 0 Å². The number of rotatable bonds is 6. The standard InChI is InChI=1S/C27H37P/c1-22(27-20-12-11-15-24(27)21-23-13-5-2-6-14-23)28(25-16-7-3-8-17-25)26-18-9-4-10-19-26/h3-4,7-10,16-19,22-24,27H,2,5-6,11-15,20-21H2,1H3/t22?,24-,27-/m0/s1. The first-order chi connectivity index (χ1) is 13.8. The highest BCUT2D eigenvalue weighted by Gasteiger charge is 2.35. The molecule has 0 saturated heterocycles. The molecule has 2 aliphatic carbocycles. The van der Waals surface area contributed by atoms with E-state index in [2.05, 4.69) is 67.6 Å². The molecule has 0 aromatic heterocycles. The van der Waals surface area contributed by atoms with Crippen LogP contribution in [0.3, 0.4) is 0 Å². The average molecular weight is 393 g/mol. The van der Waals surface area contributed by atoms with Crippen LogP contribution < -0.4 is 10.6 Å². The van der Waals surface area contributed by atoms with E-state index >= 15 is 0 Å². The van der Waals surface area contributed by atoms with Crippen LogP contribution in [0.2, 0.25) is 0 Å². The molecular formula is C27H37P. The lowest BCUT2D eigenvalue weighted by Gasteiger charge is -2.41. The monoisotopic (exact) mass is 392 g/mol. The van der Waals surface area contributed by atoms with Crippen molar-refractivity contribution in [3.8, 4) is 0 Å². The molecule has 2 fully saturated rings. The Morgan fingerprint density at radius 2 is 1.25 bits per heavy atom. The van der Waals surface area contributed by atoms with Crippen molar-refractivity contribution in [1.82, 2.24) is 0 Å². The second-order valence-electron chi connectivity index (χ2n) is 9.23. The van der Waals surface area contributed by atoms with Gasteiger partial charge in [0, 0.05) is 0 Å². The number of benzene rings is 2. The van der Waals surface area contributed by atoms with E-state index in [1.807, 2.05) is 0 Å². The van der Waals surface area contributed by atoms with Gasteiger partial charge in [0.25, 0.3) is 0 Å². The molecule has 0 spiro atoms. The van der Waals surface area contributed by atoms with Crippen molar-refractivity contribution in [3.63, 3.8) is 0 Å². The molecule has 2 saturated carbocycles. The van der Waals surface area contributed by atoms with E-state index in [1.165, 1.54) is 64.2 Å². The Labute approximate surface area is 173 Å². The van der Waals surface area contributed by atoms with Crippen molar-refractivity contribution in [3.05, 3.63) is 60.7 Å². The molecule has 1 heteroatoms. The third-order valence-corrected chi connectivity index (χ3v) is 10.3. The quantitative estimate of drug-likeness (QED) is 0.453. The summed E-state index contributed by atoms with van der Waals surface area (Å²) in [7, 11) is -0.285. The van der Waals surface area contributed by atoms with Crippen molar-refractivity contribution >= 4 is 18.5 Å². The largest absolute Gasteiger partial charge is 0.0622 e. The minimum Gasteiger partial charge on any atom is -0.0622 e. The minimum absolute atomic E-state index is 0.285. The van der Waals surface area contributed by atoms with Crippen LogP contribution in [0.25, 0.3) is 0 Å². The Morgan fingerprint density at radius 3 is 1.86 bits per heavy atom. The van der Waals surface area contributed by atoms with E-state index in [1.54, 1.807) is 10.6 Å². The van der Waals surface area contributed by atoms with Crippen molar-refractivity contribution < 1.29 is 0 Å². The number of hydrogen-bond donors (Lipinski definition) is 0. The molecule has 0 radical (unpaired) electrons. The maximum absolute atomic E-state index is 2.59. The molecular weight excluding hydrogens is 355 g/mol. The van der Waals surface area contributed by atoms with Crippen molar-refractivity contribution in [1.29, 1.82) is 0 Å². The van der Waals surface area contributed by atoms with Crippen molar-refractivity contribution in [2.75, 3.05) is 0 Å². The van der Waals surface area contributed by atoms with Crippen LogP contribution >= 0.6 is 7.92 Å². The Morgan fingerprint density at radius 1 is 0.714 bits per heavy atom. The predicted molar refractivity (Wildman–Crippen MR) is 125 cm³/mol. The van der Waals surface area contributed by atoms with Gasteiger partial charge < -0.3 is 0 Å². The highest BCUT2D eigenvalue weighted by Crippen LogP contribution is 2.50. The van der Waals surface area contributed by atoms with Gasteiger partial charge in [-0.2, -0.15) is 0 Å². The van der Waals surface area contributed by atoms with Gasteiger partial charge in [-0.05, 0) is 54.8 Å². The third kappa shape index (κ3) is 4.88. The zero-order valence-corrected chi connectivity index (χ0v) is 18.5. The zero-order chi connectivity index (χ0) is 19.2. The summed E-state index contributed by atoms with van der Waals surface area (Å²) in [6.07, 6.45) is 14.8. The summed E-state index contributed by atoms with van der Waals surface area (Å²) < 4.78 is 0. The second kappa shape index (κ2) is 10.1. The van der Waals surface area contributed by atoms with Crippen LogP contribution in [0.4, 0.5) is 0 Å². The smallest absolute Gasteiger partial charge is 0.0126 e. The van der Waals surface area contributed by atoms with E-state index in [0.29, 0.717) is 0 Å². The molecule has 150 valence electrons. The Balaban J connectivity index is 1.58. The van der Waals surface area contributed by atoms with Crippen molar-refractivity contribution in [2.24, 2.45) is 17.8 Å². The third-order valence-electron chi connectivity index (χ3n) is 7.42. The van der Waals surface area contributed by atoms with Gasteiger partial charge in [-0.1, -0.05) is 119 Å². The molecule has 3 atom stereocenters. The van der Waals surface area contributed by atoms with Crippen LogP contribution in [-0.4, -0.2) is 5.66 Å². The summed E-state index contributed by atoms with van der Waals surface area (Å²) in [4.78, 5) is 0. The van der Waals surface area contributed by atoms with Gasteiger partial charge in [0.2, 0.25) is 0 Å². The maximum Gasteiger partial charge on any atom is -0.0126 e. The molecule has 4 rings (SSSR count). The van der Waals surface area contributed by atoms with E-state index in [9.17, 15) is 0 Å². The summed E-state index contributed by atoms with van der Waals surface area (Å²) in [5.74, 6) is 2.89. The molecule has 28 heavy (non-hydrogen) atoms. The molecule has 0 heterocycles. The zero-order valence-electron chi connectivity index (χ0n) is 17.6. The van der Waals surface area contributed by atoms with Crippen LogP contribution in [0.15, 0.2) is 60.7 Å². The highest BCUT2D eigenvalue weighted by molar-refractivity contribution is 7.73. The topological polar surface area (TPSA) is 0 Å².